The summed E-state index contributed by atoms with van der Waals surface area (Å²) in [7, 11) is 0. The largest absolute Gasteiger partial charge is 0.397 e. The van der Waals surface area contributed by atoms with E-state index in [4.69, 9.17) is 22.0 Å². The summed E-state index contributed by atoms with van der Waals surface area (Å²) in [6.45, 7) is 0. The number of hydrogen-bond donors (Lipinski definition) is 2. The second-order valence-electron chi connectivity index (χ2n) is 3.54. The maximum atomic E-state index is 11.4. The molecule has 2 aromatic heterocycles. The van der Waals surface area contributed by atoms with Crippen molar-refractivity contribution in [1.82, 2.24) is 14.5 Å². The third-order valence-electron chi connectivity index (χ3n) is 2.36. The molecule has 0 radical (unpaired) electrons. The second kappa shape index (κ2) is 4.47. The van der Waals surface area contributed by atoms with Crippen molar-refractivity contribution in [2.24, 2.45) is 5.73 Å². The standard InChI is InChI=1S/C11H7N7O/c12-2-8-9(3-13)18(5-17-8)11-7(10(15)19)1-6(14)4-16-11/h1,4-5H,14H2,(H2,15,19). The van der Waals surface area contributed by atoms with Crippen LogP contribution in [0.5, 0.6) is 0 Å². The highest BCUT2D eigenvalue weighted by Crippen LogP contribution is 2.18. The minimum Gasteiger partial charge on any atom is -0.397 e. The predicted molar refractivity (Wildman–Crippen MR) is 63.7 cm³/mol. The molecule has 0 aliphatic rings. The Bertz CT molecular complexity index is 747. The van der Waals surface area contributed by atoms with Crippen LogP contribution in [0.25, 0.3) is 5.82 Å². The molecule has 0 aliphatic carbocycles. The summed E-state index contributed by atoms with van der Waals surface area (Å²) in [5.41, 5.74) is 11.0. The first-order chi connectivity index (χ1) is 9.08. The Morgan fingerprint density at radius 1 is 1.32 bits per heavy atom. The number of carbonyl (C=O) groups excluding carboxylic acids is 1. The number of nitrogens with zero attached hydrogens (tertiary/aromatic N) is 5. The molecule has 8 heteroatoms. The molecule has 0 unspecified atom stereocenters. The smallest absolute Gasteiger partial charge is 0.252 e. The van der Waals surface area contributed by atoms with Gasteiger partial charge in [-0.1, -0.05) is 0 Å². The number of primary amides is 1. The molecule has 2 heterocycles. The lowest BCUT2D eigenvalue weighted by Crippen LogP contribution is -2.16. The molecule has 0 saturated carbocycles. The van der Waals surface area contributed by atoms with Gasteiger partial charge in [-0.3, -0.25) is 9.36 Å². The van der Waals surface area contributed by atoms with E-state index in [1.165, 1.54) is 23.2 Å². The zero-order valence-electron chi connectivity index (χ0n) is 9.53. The number of pyridine rings is 1. The fraction of sp³-hybridized carbons (Fsp3) is 0. The topological polar surface area (TPSA) is 147 Å². The van der Waals surface area contributed by atoms with Crippen molar-refractivity contribution < 1.29 is 4.79 Å². The zero-order valence-corrected chi connectivity index (χ0v) is 9.53. The normalized spacial score (nSPS) is 9.58. The molecular formula is C11H7N7O. The van der Waals surface area contributed by atoms with E-state index < -0.39 is 5.91 Å². The van der Waals surface area contributed by atoms with Gasteiger partial charge in [0.1, 0.15) is 18.5 Å². The van der Waals surface area contributed by atoms with E-state index in [0.717, 1.165) is 0 Å². The van der Waals surface area contributed by atoms with Crippen molar-refractivity contribution in [3.05, 3.63) is 35.5 Å². The van der Waals surface area contributed by atoms with Gasteiger partial charge in [0.15, 0.2) is 17.2 Å². The van der Waals surface area contributed by atoms with Crippen LogP contribution in [0.3, 0.4) is 0 Å². The van der Waals surface area contributed by atoms with Crippen molar-refractivity contribution in [3.63, 3.8) is 0 Å². The number of anilines is 1. The summed E-state index contributed by atoms with van der Waals surface area (Å²) in [4.78, 5) is 19.1. The Kier molecular flexibility index (Phi) is 2.84. The van der Waals surface area contributed by atoms with Crippen LogP contribution in [-0.4, -0.2) is 20.4 Å². The Morgan fingerprint density at radius 3 is 2.63 bits per heavy atom. The summed E-state index contributed by atoms with van der Waals surface area (Å²) in [6.07, 6.45) is 2.54. The highest BCUT2D eigenvalue weighted by atomic mass is 16.1. The molecule has 19 heavy (non-hydrogen) atoms. The van der Waals surface area contributed by atoms with Crippen LogP contribution in [0.4, 0.5) is 5.69 Å². The molecule has 0 aromatic carbocycles. The highest BCUT2D eigenvalue weighted by molar-refractivity contribution is 5.96. The Morgan fingerprint density at radius 2 is 2.05 bits per heavy atom. The average Bonchev–Trinajstić information content (AvgIpc) is 2.81. The molecule has 0 atom stereocenters. The van der Waals surface area contributed by atoms with Gasteiger partial charge in [-0.2, -0.15) is 10.5 Å². The summed E-state index contributed by atoms with van der Waals surface area (Å²) in [6, 6.07) is 4.95. The molecule has 0 fully saturated rings. The van der Waals surface area contributed by atoms with E-state index in [2.05, 4.69) is 9.97 Å². The van der Waals surface area contributed by atoms with Crippen molar-refractivity contribution in [2.75, 3.05) is 5.73 Å². The van der Waals surface area contributed by atoms with Gasteiger partial charge in [-0.05, 0) is 6.07 Å². The molecular weight excluding hydrogens is 246 g/mol. The lowest BCUT2D eigenvalue weighted by Gasteiger charge is -2.07. The van der Waals surface area contributed by atoms with Gasteiger partial charge in [0.25, 0.3) is 5.91 Å². The molecule has 0 saturated heterocycles. The number of amides is 1. The van der Waals surface area contributed by atoms with Gasteiger partial charge in [0.2, 0.25) is 0 Å². The third-order valence-corrected chi connectivity index (χ3v) is 2.36. The number of nitrogen functional groups attached to an aromatic ring is 1. The van der Waals surface area contributed by atoms with Gasteiger partial charge in [-0.15, -0.1) is 0 Å². The van der Waals surface area contributed by atoms with E-state index >= 15 is 0 Å². The molecule has 2 aromatic rings. The SMILES string of the molecule is N#Cc1ncn(-c2ncc(N)cc2C(N)=O)c1C#N. The first-order valence-corrected chi connectivity index (χ1v) is 5.01. The molecule has 8 nitrogen and oxygen atoms in total. The van der Waals surface area contributed by atoms with E-state index in [1.54, 1.807) is 6.07 Å². The molecule has 0 spiro atoms. The van der Waals surface area contributed by atoms with E-state index in [-0.39, 0.29) is 28.5 Å². The number of rotatable bonds is 2. The Hall–Kier alpha value is -3.39. The summed E-state index contributed by atoms with van der Waals surface area (Å²) in [5.74, 6) is -0.641. The Labute approximate surface area is 107 Å². The maximum Gasteiger partial charge on any atom is 0.252 e. The summed E-state index contributed by atoms with van der Waals surface area (Å²) >= 11 is 0. The second-order valence-corrected chi connectivity index (χ2v) is 3.54. The maximum absolute atomic E-state index is 11.4. The van der Waals surface area contributed by atoms with Crippen LogP contribution in [0, 0.1) is 22.7 Å². The van der Waals surface area contributed by atoms with Crippen LogP contribution in [-0.2, 0) is 0 Å². The molecule has 2 rings (SSSR count). The number of aromatic nitrogens is 3. The monoisotopic (exact) mass is 253 g/mol. The van der Waals surface area contributed by atoms with E-state index in [9.17, 15) is 4.79 Å². The fourth-order valence-corrected chi connectivity index (χ4v) is 1.54. The average molecular weight is 253 g/mol. The minimum absolute atomic E-state index is 0.0257. The Balaban J connectivity index is 2.74. The number of nitrogens with two attached hydrogens (primary N) is 2. The van der Waals surface area contributed by atoms with Gasteiger partial charge in [-0.25, -0.2) is 9.97 Å². The van der Waals surface area contributed by atoms with Crippen LogP contribution in [0.1, 0.15) is 21.7 Å². The number of imidazole rings is 1. The first-order valence-electron chi connectivity index (χ1n) is 5.01. The van der Waals surface area contributed by atoms with Crippen LogP contribution >= 0.6 is 0 Å². The third kappa shape index (κ3) is 1.94. The zero-order chi connectivity index (χ0) is 14.0. The van der Waals surface area contributed by atoms with Gasteiger partial charge in [0.05, 0.1) is 17.4 Å². The molecule has 1 amide bonds. The molecule has 92 valence electrons. The molecule has 0 aliphatic heterocycles. The lowest BCUT2D eigenvalue weighted by molar-refractivity contribution is 0.1000. The number of nitriles is 2. The van der Waals surface area contributed by atoms with Crippen molar-refractivity contribution in [3.8, 4) is 18.0 Å². The number of carbonyl (C=O) groups is 1. The highest BCUT2D eigenvalue weighted by Gasteiger charge is 2.18. The minimum atomic E-state index is -0.745. The van der Waals surface area contributed by atoms with Crippen LogP contribution < -0.4 is 11.5 Å². The van der Waals surface area contributed by atoms with Gasteiger partial charge >= 0.3 is 0 Å². The summed E-state index contributed by atoms with van der Waals surface area (Å²) in [5, 5.41) is 17.9. The van der Waals surface area contributed by atoms with Crippen molar-refractivity contribution >= 4 is 11.6 Å². The quantitative estimate of drug-likeness (QED) is 0.750. The van der Waals surface area contributed by atoms with E-state index in [0.29, 0.717) is 0 Å². The molecule has 4 N–H and O–H groups in total. The summed E-state index contributed by atoms with van der Waals surface area (Å²) < 4.78 is 1.22. The molecule has 0 bridgehead atoms. The van der Waals surface area contributed by atoms with Gasteiger partial charge < -0.3 is 11.5 Å². The predicted octanol–water partition coefficient (Wildman–Crippen LogP) is -0.308. The number of hydrogen-bond acceptors (Lipinski definition) is 6. The first kappa shape index (κ1) is 12.1. The lowest BCUT2D eigenvalue weighted by atomic mass is 10.2. The van der Waals surface area contributed by atoms with Crippen molar-refractivity contribution in [1.29, 1.82) is 10.5 Å². The van der Waals surface area contributed by atoms with Crippen LogP contribution in [0.2, 0.25) is 0 Å². The van der Waals surface area contributed by atoms with Crippen molar-refractivity contribution in [2.45, 2.75) is 0 Å². The van der Waals surface area contributed by atoms with Crippen LogP contribution in [0.15, 0.2) is 18.6 Å². The fourth-order valence-electron chi connectivity index (χ4n) is 1.54. The van der Waals surface area contributed by atoms with Gasteiger partial charge in [0, 0.05) is 0 Å². The van der Waals surface area contributed by atoms with E-state index in [1.807, 2.05) is 6.07 Å².